The minimum absolute atomic E-state index is 0.144. The van der Waals surface area contributed by atoms with E-state index in [9.17, 15) is 4.79 Å². The smallest absolute Gasteiger partial charge is 0.303 e. The summed E-state index contributed by atoms with van der Waals surface area (Å²) < 4.78 is 6.20. The van der Waals surface area contributed by atoms with E-state index in [1.807, 2.05) is 6.92 Å². The summed E-state index contributed by atoms with van der Waals surface area (Å²) >= 11 is 0. The van der Waals surface area contributed by atoms with Crippen LogP contribution in [-0.4, -0.2) is 25.5 Å². The molecule has 17 heavy (non-hydrogen) atoms. The normalized spacial score (nSPS) is 16.6. The summed E-state index contributed by atoms with van der Waals surface area (Å²) in [4.78, 5) is 10.6. The van der Waals surface area contributed by atoms with E-state index in [4.69, 9.17) is 9.53 Å². The topological polar surface area (TPSA) is 46.5 Å². The monoisotopic (exact) mass is 260 g/mol. The molecule has 0 amide bonds. The molecule has 0 radical (unpaired) electrons. The van der Waals surface area contributed by atoms with Gasteiger partial charge in [-0.3, -0.25) is 4.79 Å². The van der Waals surface area contributed by atoms with Gasteiger partial charge in [-0.1, -0.05) is 27.7 Å². The zero-order valence-electron chi connectivity index (χ0n) is 12.3. The quantitative estimate of drug-likeness (QED) is 0.737. The van der Waals surface area contributed by atoms with Gasteiger partial charge >= 0.3 is 5.97 Å². The molecule has 0 rings (SSSR count). The summed E-state index contributed by atoms with van der Waals surface area (Å²) in [6.07, 6.45) is 1.19. The highest BCUT2D eigenvalue weighted by Crippen LogP contribution is 2.37. The van der Waals surface area contributed by atoms with E-state index >= 15 is 0 Å². The third-order valence-electron chi connectivity index (χ3n) is 3.56. The predicted molar refractivity (Wildman–Crippen MR) is 73.8 cm³/mol. The fourth-order valence-electron chi connectivity index (χ4n) is 1.68. The molecule has 102 valence electrons. The number of hydrogen-bond donors (Lipinski definition) is 1. The Kier molecular flexibility index (Phi) is 5.88. The first kappa shape index (κ1) is 16.6. The fourth-order valence-corrected chi connectivity index (χ4v) is 3.13. The van der Waals surface area contributed by atoms with Crippen molar-refractivity contribution in [1.29, 1.82) is 0 Å². The third kappa shape index (κ3) is 6.22. The first-order valence-corrected chi connectivity index (χ1v) is 9.26. The SMILES string of the molecule is C[C@H](CC(=O)O)C[C@@H](C)O[Si](C)(C)C(C)(C)C. The summed E-state index contributed by atoms with van der Waals surface area (Å²) in [5, 5.41) is 8.93. The van der Waals surface area contributed by atoms with Gasteiger partial charge in [0.15, 0.2) is 8.32 Å². The van der Waals surface area contributed by atoms with Crippen LogP contribution in [0.3, 0.4) is 0 Å². The Morgan fingerprint density at radius 3 is 2.12 bits per heavy atom. The molecule has 0 aliphatic carbocycles. The van der Waals surface area contributed by atoms with Crippen molar-refractivity contribution in [3.8, 4) is 0 Å². The molecule has 1 N–H and O–H groups in total. The third-order valence-corrected chi connectivity index (χ3v) is 8.16. The van der Waals surface area contributed by atoms with Gasteiger partial charge in [0, 0.05) is 12.5 Å². The fraction of sp³-hybridized carbons (Fsp3) is 0.923. The van der Waals surface area contributed by atoms with Crippen LogP contribution in [0.5, 0.6) is 0 Å². The lowest BCUT2D eigenvalue weighted by Gasteiger charge is -2.39. The van der Waals surface area contributed by atoms with Gasteiger partial charge in [-0.25, -0.2) is 0 Å². The maximum Gasteiger partial charge on any atom is 0.303 e. The Morgan fingerprint density at radius 1 is 1.29 bits per heavy atom. The molecule has 0 bridgehead atoms. The second kappa shape index (κ2) is 6.00. The van der Waals surface area contributed by atoms with Gasteiger partial charge in [0.25, 0.3) is 0 Å². The van der Waals surface area contributed by atoms with Crippen LogP contribution < -0.4 is 0 Å². The average molecular weight is 260 g/mol. The van der Waals surface area contributed by atoms with Crippen molar-refractivity contribution >= 4 is 14.3 Å². The van der Waals surface area contributed by atoms with Gasteiger partial charge in [-0.15, -0.1) is 0 Å². The molecule has 2 atom stereocenters. The van der Waals surface area contributed by atoms with Crippen molar-refractivity contribution in [3.63, 3.8) is 0 Å². The second-order valence-electron chi connectivity index (χ2n) is 6.63. The first-order chi connectivity index (χ1) is 7.45. The highest BCUT2D eigenvalue weighted by molar-refractivity contribution is 6.74. The van der Waals surface area contributed by atoms with Crippen molar-refractivity contribution in [3.05, 3.63) is 0 Å². The zero-order chi connectivity index (χ0) is 13.9. The van der Waals surface area contributed by atoms with Crippen molar-refractivity contribution in [2.75, 3.05) is 0 Å². The number of carboxylic acids is 1. The first-order valence-electron chi connectivity index (χ1n) is 6.35. The molecule has 0 aromatic carbocycles. The van der Waals surface area contributed by atoms with Gasteiger partial charge in [0.2, 0.25) is 0 Å². The Labute approximate surface area is 107 Å². The predicted octanol–water partition coefficient (Wildman–Crippen LogP) is 3.90. The summed E-state index contributed by atoms with van der Waals surface area (Å²) in [6, 6.07) is 0. The van der Waals surface area contributed by atoms with Crippen molar-refractivity contribution in [2.24, 2.45) is 5.92 Å². The number of aliphatic carboxylic acids is 1. The van der Waals surface area contributed by atoms with Crippen molar-refractivity contribution in [1.82, 2.24) is 0 Å². The van der Waals surface area contributed by atoms with E-state index in [1.54, 1.807) is 0 Å². The van der Waals surface area contributed by atoms with Gasteiger partial charge in [-0.2, -0.15) is 0 Å². The van der Waals surface area contributed by atoms with E-state index in [0.717, 1.165) is 6.42 Å². The molecule has 0 unspecified atom stereocenters. The molecule has 0 aliphatic rings. The van der Waals surface area contributed by atoms with Crippen LogP contribution in [0.15, 0.2) is 0 Å². The molecule has 0 saturated heterocycles. The highest BCUT2D eigenvalue weighted by Gasteiger charge is 2.38. The number of hydrogen-bond acceptors (Lipinski definition) is 2. The molecule has 0 spiro atoms. The largest absolute Gasteiger partial charge is 0.481 e. The maximum absolute atomic E-state index is 10.6. The molecule has 0 aromatic heterocycles. The number of rotatable bonds is 6. The van der Waals surface area contributed by atoms with E-state index in [0.29, 0.717) is 0 Å². The molecule has 4 heteroatoms. The molecule has 0 heterocycles. The summed E-state index contributed by atoms with van der Waals surface area (Å²) in [6.45, 7) is 15.1. The van der Waals surface area contributed by atoms with E-state index in [-0.39, 0.29) is 23.5 Å². The van der Waals surface area contributed by atoms with Crippen LogP contribution in [0.25, 0.3) is 0 Å². The van der Waals surface area contributed by atoms with Crippen molar-refractivity contribution in [2.45, 2.75) is 71.7 Å². The maximum atomic E-state index is 10.6. The lowest BCUT2D eigenvalue weighted by molar-refractivity contribution is -0.138. The molecule has 0 aromatic rings. The minimum atomic E-state index is -1.72. The lowest BCUT2D eigenvalue weighted by Crippen LogP contribution is -2.43. The van der Waals surface area contributed by atoms with E-state index < -0.39 is 14.3 Å². The van der Waals surface area contributed by atoms with Crippen LogP contribution >= 0.6 is 0 Å². The van der Waals surface area contributed by atoms with Gasteiger partial charge in [0.05, 0.1) is 0 Å². The van der Waals surface area contributed by atoms with Crippen LogP contribution in [-0.2, 0) is 9.22 Å². The lowest BCUT2D eigenvalue weighted by atomic mass is 10.0. The summed E-state index contributed by atoms with van der Waals surface area (Å²) in [7, 11) is -1.72. The molecule has 0 saturated carbocycles. The Morgan fingerprint density at radius 2 is 1.76 bits per heavy atom. The minimum Gasteiger partial charge on any atom is -0.481 e. The molecular formula is C13H28O3Si. The van der Waals surface area contributed by atoms with E-state index in [1.165, 1.54) is 0 Å². The number of carboxylic acid groups (broad SMARTS) is 1. The molecule has 3 nitrogen and oxygen atoms in total. The Hall–Kier alpha value is -0.353. The summed E-state index contributed by atoms with van der Waals surface area (Å²) in [5.74, 6) is -0.552. The number of carbonyl (C=O) groups is 1. The summed E-state index contributed by atoms with van der Waals surface area (Å²) in [5.41, 5.74) is 0. The van der Waals surface area contributed by atoms with Gasteiger partial charge in [0.1, 0.15) is 0 Å². The average Bonchev–Trinajstić information content (AvgIpc) is 1.96. The van der Waals surface area contributed by atoms with Crippen LogP contribution in [0.1, 0.15) is 47.5 Å². The van der Waals surface area contributed by atoms with Crippen LogP contribution in [0.2, 0.25) is 18.1 Å². The van der Waals surface area contributed by atoms with Crippen LogP contribution in [0.4, 0.5) is 0 Å². The Bertz CT molecular complexity index is 256. The highest BCUT2D eigenvalue weighted by atomic mass is 28.4. The van der Waals surface area contributed by atoms with Crippen molar-refractivity contribution < 1.29 is 14.3 Å². The Balaban J connectivity index is 4.27. The van der Waals surface area contributed by atoms with Crippen LogP contribution in [0, 0.1) is 5.92 Å². The van der Waals surface area contributed by atoms with Gasteiger partial charge < -0.3 is 9.53 Å². The standard InChI is InChI=1S/C13H28O3Si/c1-10(9-12(14)15)8-11(2)16-17(6,7)13(3,4)5/h10-11H,8-9H2,1-7H3,(H,14,15)/t10-,11+/m0/s1. The van der Waals surface area contributed by atoms with Gasteiger partial charge in [-0.05, 0) is 37.4 Å². The molecule has 0 fully saturated rings. The molecule has 0 aliphatic heterocycles. The molecular weight excluding hydrogens is 232 g/mol. The zero-order valence-corrected chi connectivity index (χ0v) is 13.3. The second-order valence-corrected chi connectivity index (χ2v) is 11.4. The van der Waals surface area contributed by atoms with E-state index in [2.05, 4.69) is 40.8 Å².